The van der Waals surface area contributed by atoms with E-state index in [0.717, 1.165) is 46.5 Å². The minimum absolute atomic E-state index is 0.184. The first-order valence-corrected chi connectivity index (χ1v) is 15.7. The van der Waals surface area contributed by atoms with Crippen LogP contribution in [-0.4, -0.2) is 51.5 Å². The summed E-state index contributed by atoms with van der Waals surface area (Å²) in [5, 5.41) is 32.3. The molecule has 0 unspecified atom stereocenters. The van der Waals surface area contributed by atoms with E-state index in [0.29, 0.717) is 29.4 Å². The van der Waals surface area contributed by atoms with Gasteiger partial charge in [0.1, 0.15) is 11.5 Å². The van der Waals surface area contributed by atoms with Gasteiger partial charge in [0.05, 0.1) is 5.75 Å². The van der Waals surface area contributed by atoms with Crippen LogP contribution in [0.5, 0.6) is 11.5 Å². The van der Waals surface area contributed by atoms with Crippen LogP contribution >= 0.6 is 35.6 Å². The van der Waals surface area contributed by atoms with Crippen LogP contribution in [0.2, 0.25) is 0 Å². The molecule has 0 heterocycles. The van der Waals surface area contributed by atoms with E-state index in [-0.39, 0.29) is 22.7 Å². The van der Waals surface area contributed by atoms with E-state index in [4.69, 9.17) is 9.81 Å². The molecule has 2 aromatic rings. The first-order chi connectivity index (χ1) is 16.5. The Balaban J connectivity index is 2.04. The number of rotatable bonds is 16. The molecule has 0 aliphatic carbocycles. The number of benzene rings is 2. The molecule has 8 nitrogen and oxygen atoms in total. The van der Waals surface area contributed by atoms with Crippen LogP contribution in [0.25, 0.3) is 0 Å². The number of hydrogen-bond acceptors (Lipinski definition) is 10. The fourth-order valence-corrected chi connectivity index (χ4v) is 6.47. The van der Waals surface area contributed by atoms with Crippen LogP contribution in [0.4, 0.5) is 0 Å². The predicted molar refractivity (Wildman–Crippen MR) is 144 cm³/mol. The Labute approximate surface area is 219 Å². The summed E-state index contributed by atoms with van der Waals surface area (Å²) in [5.41, 5.74) is 3.26. The quantitative estimate of drug-likeness (QED) is 0.0665. The summed E-state index contributed by atoms with van der Waals surface area (Å²) in [6.07, 6.45) is 1.20. The van der Waals surface area contributed by atoms with Crippen molar-refractivity contribution >= 4 is 45.7 Å². The zero-order valence-electron chi connectivity index (χ0n) is 19.7. The molecular weight excluding hydrogens is 533 g/mol. The van der Waals surface area contributed by atoms with E-state index in [1.807, 2.05) is 24.3 Å². The highest BCUT2D eigenvalue weighted by atomic mass is 32.2. The first-order valence-electron chi connectivity index (χ1n) is 10.9. The second kappa shape index (κ2) is 14.6. The monoisotopic (exact) mass is 564 g/mol. The fourth-order valence-electron chi connectivity index (χ4n) is 3.33. The van der Waals surface area contributed by atoms with Crippen molar-refractivity contribution in [3.8, 4) is 11.5 Å². The molecule has 0 bridgehead atoms. The van der Waals surface area contributed by atoms with Crippen molar-refractivity contribution in [2.75, 3.05) is 23.0 Å². The van der Waals surface area contributed by atoms with Crippen molar-refractivity contribution in [2.45, 2.75) is 43.6 Å². The van der Waals surface area contributed by atoms with Gasteiger partial charge in [-0.05, 0) is 47.6 Å². The smallest absolute Gasteiger partial charge is 0.264 e. The Morgan fingerprint density at radius 2 is 1.37 bits per heavy atom. The molecule has 0 amide bonds. The SMILES string of the molecule is CC(C)(c1ccc(O)c(CSCCCSOOO)c1)c1ccc(O)c(CSCCCS(=O)(=O)O)c1. The lowest BCUT2D eigenvalue weighted by Gasteiger charge is -2.28. The van der Waals surface area contributed by atoms with Crippen LogP contribution in [0.1, 0.15) is 48.9 Å². The molecule has 0 saturated carbocycles. The third kappa shape index (κ3) is 10.4. The standard InChI is InChI=1S/C23H32O8S4/c1-23(2,19-5-7-21(24)17(13-19)15-32-9-3-11-34-31-30-26)20-6-8-22(25)18(14-20)16-33-10-4-12-35(27,28)29/h5-8,13-14,24-26H,3-4,9-12,15-16H2,1-2H3,(H,27,28,29). The van der Waals surface area contributed by atoms with Gasteiger partial charge in [-0.15, -0.1) is 4.33 Å². The van der Waals surface area contributed by atoms with Crippen LogP contribution in [-0.2, 0) is 36.4 Å². The van der Waals surface area contributed by atoms with E-state index >= 15 is 0 Å². The highest BCUT2D eigenvalue weighted by molar-refractivity contribution is 7.98. The van der Waals surface area contributed by atoms with Gasteiger partial charge in [0, 0.05) is 45.8 Å². The van der Waals surface area contributed by atoms with Crippen LogP contribution in [0, 0.1) is 0 Å². The van der Waals surface area contributed by atoms with Gasteiger partial charge in [-0.1, -0.05) is 43.2 Å². The summed E-state index contributed by atoms with van der Waals surface area (Å²) in [7, 11) is -3.95. The lowest BCUT2D eigenvalue weighted by Crippen LogP contribution is -2.19. The zero-order valence-corrected chi connectivity index (χ0v) is 22.9. The molecule has 0 aromatic heterocycles. The summed E-state index contributed by atoms with van der Waals surface area (Å²) >= 11 is 4.22. The first kappa shape index (κ1) is 30.1. The summed E-state index contributed by atoms with van der Waals surface area (Å²) in [5.74, 6) is 3.41. The number of phenolic OH excluding ortho intramolecular Hbond substituents is 2. The van der Waals surface area contributed by atoms with Gasteiger partial charge in [-0.2, -0.15) is 31.9 Å². The number of aromatic hydroxyl groups is 2. The van der Waals surface area contributed by atoms with E-state index in [1.54, 1.807) is 23.9 Å². The lowest BCUT2D eigenvalue weighted by atomic mass is 9.77. The molecule has 0 radical (unpaired) electrons. The number of hydrogen-bond donors (Lipinski definition) is 4. The number of thioether (sulfide) groups is 2. The second-order valence-electron chi connectivity index (χ2n) is 8.37. The second-order valence-corrected chi connectivity index (χ2v) is 12.9. The van der Waals surface area contributed by atoms with Gasteiger partial charge in [-0.3, -0.25) is 4.55 Å². The van der Waals surface area contributed by atoms with Crippen molar-refractivity contribution in [1.29, 1.82) is 0 Å². The molecule has 0 aliphatic heterocycles. The topological polar surface area (TPSA) is 134 Å². The lowest BCUT2D eigenvalue weighted by molar-refractivity contribution is -0.432. The van der Waals surface area contributed by atoms with Crippen molar-refractivity contribution in [3.05, 3.63) is 58.7 Å². The summed E-state index contributed by atoms with van der Waals surface area (Å²) in [4.78, 5) is 0. The van der Waals surface area contributed by atoms with Gasteiger partial charge in [-0.25, -0.2) is 5.26 Å². The highest BCUT2D eigenvalue weighted by Crippen LogP contribution is 2.37. The molecule has 0 atom stereocenters. The number of phenols is 2. The van der Waals surface area contributed by atoms with Gasteiger partial charge >= 0.3 is 0 Å². The normalized spacial score (nSPS) is 12.2. The molecule has 4 N–H and O–H groups in total. The summed E-state index contributed by atoms with van der Waals surface area (Å²) in [6, 6.07) is 11.1. The average Bonchev–Trinajstić information content (AvgIpc) is 2.79. The van der Waals surface area contributed by atoms with E-state index < -0.39 is 10.1 Å². The van der Waals surface area contributed by atoms with Gasteiger partial charge in [0.15, 0.2) is 0 Å². The van der Waals surface area contributed by atoms with Gasteiger partial charge in [0.25, 0.3) is 10.1 Å². The maximum atomic E-state index is 10.8. The highest BCUT2D eigenvalue weighted by Gasteiger charge is 2.25. The Morgan fingerprint density at radius 1 is 0.857 bits per heavy atom. The molecule has 2 rings (SSSR count). The third-order valence-corrected chi connectivity index (χ3v) is 9.01. The zero-order chi connectivity index (χ0) is 25.9. The molecule has 35 heavy (non-hydrogen) atoms. The van der Waals surface area contributed by atoms with Crippen molar-refractivity contribution < 1.29 is 37.8 Å². The maximum absolute atomic E-state index is 10.8. The van der Waals surface area contributed by atoms with E-state index in [2.05, 4.69) is 23.2 Å². The Bertz CT molecular complexity index is 1040. The fraction of sp³-hybridized carbons (Fsp3) is 0.478. The predicted octanol–water partition coefficient (Wildman–Crippen LogP) is 5.63. The molecule has 2 aromatic carbocycles. The third-order valence-electron chi connectivity index (χ3n) is 5.40. The minimum atomic E-state index is -3.95. The van der Waals surface area contributed by atoms with Crippen LogP contribution in [0.3, 0.4) is 0 Å². The van der Waals surface area contributed by atoms with Crippen molar-refractivity contribution in [1.82, 2.24) is 0 Å². The van der Waals surface area contributed by atoms with E-state index in [9.17, 15) is 18.6 Å². The Morgan fingerprint density at radius 3 is 1.86 bits per heavy atom. The van der Waals surface area contributed by atoms with Crippen molar-refractivity contribution in [2.24, 2.45) is 0 Å². The molecular formula is C23H32O8S4. The van der Waals surface area contributed by atoms with Crippen LogP contribution in [0.15, 0.2) is 36.4 Å². The minimum Gasteiger partial charge on any atom is -0.508 e. The molecule has 0 fully saturated rings. The van der Waals surface area contributed by atoms with Gasteiger partial charge < -0.3 is 10.2 Å². The maximum Gasteiger partial charge on any atom is 0.264 e. The summed E-state index contributed by atoms with van der Waals surface area (Å²) < 4.78 is 34.9. The molecule has 196 valence electrons. The summed E-state index contributed by atoms with van der Waals surface area (Å²) in [6.45, 7) is 4.18. The van der Waals surface area contributed by atoms with Gasteiger partial charge in [0.2, 0.25) is 0 Å². The average molecular weight is 565 g/mol. The molecule has 0 saturated heterocycles. The Kier molecular flexibility index (Phi) is 12.5. The molecule has 0 spiro atoms. The largest absolute Gasteiger partial charge is 0.508 e. The molecule has 0 aliphatic rings. The molecule has 12 heteroatoms. The van der Waals surface area contributed by atoms with E-state index in [1.165, 1.54) is 11.8 Å². The van der Waals surface area contributed by atoms with Crippen LogP contribution < -0.4 is 0 Å². The van der Waals surface area contributed by atoms with Crippen molar-refractivity contribution in [3.63, 3.8) is 0 Å². The Hall–Kier alpha value is -1.12.